The van der Waals surface area contributed by atoms with Crippen LogP contribution in [0.15, 0.2) is 29.3 Å². The molecule has 1 aliphatic carbocycles. The first-order valence-corrected chi connectivity index (χ1v) is 7.44. The molecule has 0 atom stereocenters. The maximum absolute atomic E-state index is 11.6. The van der Waals surface area contributed by atoms with Crippen molar-refractivity contribution >= 4 is 41.5 Å². The number of carbonyl (C=O) groups is 1. The van der Waals surface area contributed by atoms with Gasteiger partial charge in [-0.25, -0.2) is 4.99 Å². The molecule has 2 N–H and O–H groups in total. The van der Waals surface area contributed by atoms with Gasteiger partial charge >= 0.3 is 0 Å². The molecule has 1 saturated carbocycles. The number of amides is 1. The van der Waals surface area contributed by atoms with E-state index in [4.69, 9.17) is 0 Å². The predicted octanol–water partition coefficient (Wildman–Crippen LogP) is 1.50. The molecule has 0 saturated heterocycles. The van der Waals surface area contributed by atoms with Gasteiger partial charge in [0.2, 0.25) is 5.91 Å². The zero-order chi connectivity index (χ0) is 16.8. The van der Waals surface area contributed by atoms with Crippen molar-refractivity contribution in [3.8, 4) is 0 Å². The number of non-ortho nitro benzene ring substituents is 1. The van der Waals surface area contributed by atoms with Gasteiger partial charge in [0.25, 0.3) is 5.69 Å². The molecule has 24 heavy (non-hydrogen) atoms. The van der Waals surface area contributed by atoms with E-state index >= 15 is 0 Å². The van der Waals surface area contributed by atoms with Crippen molar-refractivity contribution in [2.45, 2.75) is 25.4 Å². The van der Waals surface area contributed by atoms with E-state index in [1.807, 2.05) is 0 Å². The number of aliphatic imine (C=N–C) groups is 1. The van der Waals surface area contributed by atoms with Gasteiger partial charge in [0.05, 0.1) is 18.0 Å². The van der Waals surface area contributed by atoms with Crippen LogP contribution in [0.4, 0.5) is 5.69 Å². The number of likely N-dealkylation sites (N-methyl/N-ethyl adjacent to an activating group) is 1. The van der Waals surface area contributed by atoms with Crippen LogP contribution in [0.2, 0.25) is 0 Å². The SMILES string of the molecule is CN(C)C(=O)CNC(=NCc1ccc([N+](=O)[O-])cc1)NC1CC1.I. The molecule has 1 fully saturated rings. The second-order valence-corrected chi connectivity index (χ2v) is 5.65. The maximum Gasteiger partial charge on any atom is 0.269 e. The third-order valence-corrected chi connectivity index (χ3v) is 3.39. The van der Waals surface area contributed by atoms with Crippen LogP contribution in [0.1, 0.15) is 18.4 Å². The second-order valence-electron chi connectivity index (χ2n) is 5.65. The fourth-order valence-corrected chi connectivity index (χ4v) is 1.78. The van der Waals surface area contributed by atoms with Crippen LogP contribution in [-0.4, -0.2) is 48.4 Å². The van der Waals surface area contributed by atoms with Gasteiger partial charge in [-0.3, -0.25) is 14.9 Å². The van der Waals surface area contributed by atoms with Crippen LogP contribution in [0.25, 0.3) is 0 Å². The molecule has 1 amide bonds. The topological polar surface area (TPSA) is 99.9 Å². The van der Waals surface area contributed by atoms with Gasteiger partial charge in [-0.2, -0.15) is 0 Å². The van der Waals surface area contributed by atoms with Crippen molar-refractivity contribution in [1.82, 2.24) is 15.5 Å². The normalized spacial score (nSPS) is 13.7. The molecule has 0 bridgehead atoms. The summed E-state index contributed by atoms with van der Waals surface area (Å²) in [6.45, 7) is 0.558. The highest BCUT2D eigenvalue weighted by Crippen LogP contribution is 2.18. The van der Waals surface area contributed by atoms with E-state index in [0.29, 0.717) is 18.5 Å². The number of rotatable bonds is 6. The smallest absolute Gasteiger partial charge is 0.269 e. The minimum atomic E-state index is -0.429. The Morgan fingerprint density at radius 3 is 2.46 bits per heavy atom. The highest BCUT2D eigenvalue weighted by molar-refractivity contribution is 14.0. The number of benzene rings is 1. The Labute approximate surface area is 157 Å². The minimum absolute atomic E-state index is 0. The van der Waals surface area contributed by atoms with E-state index in [-0.39, 0.29) is 42.1 Å². The number of nitro benzene ring substituents is 1. The molecule has 0 spiro atoms. The number of nitro groups is 1. The zero-order valence-corrected chi connectivity index (χ0v) is 16.0. The molecule has 0 radical (unpaired) electrons. The highest BCUT2D eigenvalue weighted by Gasteiger charge is 2.22. The fourth-order valence-electron chi connectivity index (χ4n) is 1.78. The Morgan fingerprint density at radius 1 is 1.33 bits per heavy atom. The molecule has 1 aromatic rings. The maximum atomic E-state index is 11.6. The van der Waals surface area contributed by atoms with Crippen molar-refractivity contribution in [2.24, 2.45) is 4.99 Å². The summed E-state index contributed by atoms with van der Waals surface area (Å²) in [5.41, 5.74) is 0.926. The van der Waals surface area contributed by atoms with E-state index < -0.39 is 4.92 Å². The van der Waals surface area contributed by atoms with E-state index in [1.54, 1.807) is 26.2 Å². The molecule has 132 valence electrons. The van der Waals surface area contributed by atoms with Crippen molar-refractivity contribution in [3.63, 3.8) is 0 Å². The van der Waals surface area contributed by atoms with Crippen LogP contribution >= 0.6 is 24.0 Å². The van der Waals surface area contributed by atoms with Crippen molar-refractivity contribution in [1.29, 1.82) is 0 Å². The molecule has 0 aliphatic heterocycles. The minimum Gasteiger partial charge on any atom is -0.354 e. The number of halogens is 1. The Balaban J connectivity index is 0.00000288. The summed E-state index contributed by atoms with van der Waals surface area (Å²) in [7, 11) is 3.40. The first-order valence-electron chi connectivity index (χ1n) is 7.44. The Morgan fingerprint density at radius 2 is 1.96 bits per heavy atom. The van der Waals surface area contributed by atoms with E-state index in [9.17, 15) is 14.9 Å². The molecule has 1 aliphatic rings. The molecule has 0 heterocycles. The summed E-state index contributed by atoms with van der Waals surface area (Å²) in [5.74, 6) is 0.548. The number of nitrogens with one attached hydrogen (secondary N) is 2. The Kier molecular flexibility index (Phi) is 7.89. The van der Waals surface area contributed by atoms with Crippen molar-refractivity contribution < 1.29 is 9.72 Å². The lowest BCUT2D eigenvalue weighted by atomic mass is 10.2. The Bertz CT molecular complexity index is 600. The molecular weight excluding hydrogens is 425 g/mol. The number of hydrogen-bond acceptors (Lipinski definition) is 4. The summed E-state index contributed by atoms with van der Waals surface area (Å²) < 4.78 is 0. The van der Waals surface area contributed by atoms with Crippen molar-refractivity contribution in [2.75, 3.05) is 20.6 Å². The largest absolute Gasteiger partial charge is 0.354 e. The summed E-state index contributed by atoms with van der Waals surface area (Å²) in [5, 5.41) is 16.9. The van der Waals surface area contributed by atoms with Crippen LogP contribution < -0.4 is 10.6 Å². The molecular formula is C15H22IN5O3. The lowest BCUT2D eigenvalue weighted by Gasteiger charge is -2.14. The Hall–Kier alpha value is -1.91. The van der Waals surface area contributed by atoms with Gasteiger partial charge in [0, 0.05) is 32.3 Å². The number of hydrogen-bond donors (Lipinski definition) is 2. The van der Waals surface area contributed by atoms with Crippen LogP contribution in [-0.2, 0) is 11.3 Å². The molecule has 0 aromatic heterocycles. The molecule has 8 nitrogen and oxygen atoms in total. The van der Waals surface area contributed by atoms with E-state index in [0.717, 1.165) is 18.4 Å². The summed E-state index contributed by atoms with van der Waals surface area (Å²) in [6.07, 6.45) is 2.19. The monoisotopic (exact) mass is 447 g/mol. The molecule has 1 aromatic carbocycles. The number of nitrogens with zero attached hydrogens (tertiary/aromatic N) is 3. The fraction of sp³-hybridized carbons (Fsp3) is 0.467. The average Bonchev–Trinajstić information content (AvgIpc) is 3.33. The lowest BCUT2D eigenvalue weighted by molar-refractivity contribution is -0.384. The number of guanidine groups is 1. The molecule has 0 unspecified atom stereocenters. The van der Waals surface area contributed by atoms with Gasteiger partial charge in [0.1, 0.15) is 0 Å². The lowest BCUT2D eigenvalue weighted by Crippen LogP contribution is -2.43. The first-order chi connectivity index (χ1) is 11.0. The molecule has 9 heteroatoms. The zero-order valence-electron chi connectivity index (χ0n) is 13.7. The predicted molar refractivity (Wildman–Crippen MR) is 103 cm³/mol. The summed E-state index contributed by atoms with van der Waals surface area (Å²) in [6, 6.07) is 6.69. The summed E-state index contributed by atoms with van der Waals surface area (Å²) >= 11 is 0. The van der Waals surface area contributed by atoms with Crippen molar-refractivity contribution in [3.05, 3.63) is 39.9 Å². The van der Waals surface area contributed by atoms with Crippen LogP contribution in [0.3, 0.4) is 0 Å². The van der Waals surface area contributed by atoms with E-state index in [1.165, 1.54) is 17.0 Å². The highest BCUT2D eigenvalue weighted by atomic mass is 127. The van der Waals surface area contributed by atoms with Gasteiger partial charge in [-0.05, 0) is 18.4 Å². The van der Waals surface area contributed by atoms with Crippen LogP contribution in [0.5, 0.6) is 0 Å². The van der Waals surface area contributed by atoms with Gasteiger partial charge in [0.15, 0.2) is 5.96 Å². The van der Waals surface area contributed by atoms with Crippen LogP contribution in [0, 0.1) is 10.1 Å². The number of carbonyl (C=O) groups excluding carboxylic acids is 1. The quantitative estimate of drug-likeness (QED) is 0.226. The average molecular weight is 447 g/mol. The third kappa shape index (κ3) is 6.69. The van der Waals surface area contributed by atoms with E-state index in [2.05, 4.69) is 15.6 Å². The first kappa shape index (κ1) is 20.1. The second kappa shape index (κ2) is 9.40. The van der Waals surface area contributed by atoms with Gasteiger partial charge in [-0.1, -0.05) is 12.1 Å². The van der Waals surface area contributed by atoms with Gasteiger partial charge < -0.3 is 15.5 Å². The molecule has 2 rings (SSSR count). The third-order valence-electron chi connectivity index (χ3n) is 3.39. The standard InChI is InChI=1S/C15H21N5O3.HI/c1-19(2)14(21)10-17-15(18-12-5-6-12)16-9-11-3-7-13(8-4-11)20(22)23;/h3-4,7-8,12H,5-6,9-10H2,1-2H3,(H2,16,17,18);1H. The van der Waals surface area contributed by atoms with Gasteiger partial charge in [-0.15, -0.1) is 24.0 Å². The summed E-state index contributed by atoms with van der Waals surface area (Å²) in [4.78, 5) is 27.8.